The largest absolute Gasteiger partial charge is 0.361 e. The number of H-pyrrole nitrogens is 1. The summed E-state index contributed by atoms with van der Waals surface area (Å²) < 4.78 is 0. The third-order valence-corrected chi connectivity index (χ3v) is 4.41. The highest BCUT2D eigenvalue weighted by atomic mass is 16.6. The summed E-state index contributed by atoms with van der Waals surface area (Å²) >= 11 is 0. The zero-order chi connectivity index (χ0) is 19.9. The van der Waals surface area contributed by atoms with Gasteiger partial charge in [-0.05, 0) is 36.2 Å². The van der Waals surface area contributed by atoms with Gasteiger partial charge in [0.15, 0.2) is 0 Å². The van der Waals surface area contributed by atoms with Crippen LogP contribution in [0.3, 0.4) is 0 Å². The number of hydrogen-bond donors (Lipinski definition) is 5. The molecule has 1 amide bonds. The quantitative estimate of drug-likeness (QED) is 0.178. The van der Waals surface area contributed by atoms with E-state index in [9.17, 15) is 14.9 Å². The van der Waals surface area contributed by atoms with E-state index in [2.05, 4.69) is 16.4 Å². The van der Waals surface area contributed by atoms with Crippen LogP contribution in [0.1, 0.15) is 16.7 Å². The summed E-state index contributed by atoms with van der Waals surface area (Å²) in [6.45, 7) is 1.10. The summed E-state index contributed by atoms with van der Waals surface area (Å²) in [6.07, 6.45) is 5.35. The lowest BCUT2D eigenvalue weighted by molar-refractivity contribution is -0.730. The predicted octanol–water partition coefficient (Wildman–Crippen LogP) is 2.82. The highest BCUT2D eigenvalue weighted by Crippen LogP contribution is 2.21. The fourth-order valence-corrected chi connectivity index (χ4v) is 3.01. The standard InChI is InChI=1S/C20H20N4O4/c25-20(23-26)8-6-14-5-7-16(19(11-14)24(27)28)12-21-10-9-15-13-22-18-4-2-1-3-17(15)18/h1-8,11,13,21-22H,9-10,12H2,(H2-,23,25,26,27,28)/p+1/b8-6+. The fraction of sp³-hybridized carbons (Fsp3) is 0.150. The molecule has 3 aromatic rings. The molecule has 3 rings (SSSR count). The fourth-order valence-electron chi connectivity index (χ4n) is 3.01. The molecule has 0 saturated heterocycles. The van der Waals surface area contributed by atoms with E-state index < -0.39 is 5.91 Å². The molecule has 2 aromatic carbocycles. The number of carbonyl (C=O) groups excluding carboxylic acids is 1. The molecule has 8 nitrogen and oxygen atoms in total. The van der Waals surface area contributed by atoms with Crippen LogP contribution in [0.2, 0.25) is 0 Å². The Kier molecular flexibility index (Phi) is 6.15. The van der Waals surface area contributed by atoms with E-state index in [1.807, 2.05) is 24.4 Å². The highest BCUT2D eigenvalue weighted by Gasteiger charge is 2.18. The number of amides is 1. The van der Waals surface area contributed by atoms with Crippen LogP contribution < -0.4 is 10.8 Å². The molecule has 8 heteroatoms. The maximum Gasteiger partial charge on any atom is 0.321 e. The van der Waals surface area contributed by atoms with E-state index in [0.29, 0.717) is 24.2 Å². The van der Waals surface area contributed by atoms with E-state index in [-0.39, 0.29) is 10.6 Å². The summed E-state index contributed by atoms with van der Waals surface area (Å²) in [7, 11) is 0. The Morgan fingerprint density at radius 1 is 1.18 bits per heavy atom. The van der Waals surface area contributed by atoms with Gasteiger partial charge in [-0.1, -0.05) is 30.3 Å². The second kappa shape index (κ2) is 8.94. The van der Waals surface area contributed by atoms with E-state index >= 15 is 0 Å². The number of hydrogen-bond acceptors (Lipinski definition) is 4. The van der Waals surface area contributed by atoms with Crippen LogP contribution in [-0.4, -0.2) is 32.8 Å². The van der Waals surface area contributed by atoms with Gasteiger partial charge in [0, 0.05) is 41.4 Å². The summed E-state index contributed by atoms with van der Waals surface area (Å²) in [6, 6.07) is 13.0. The van der Waals surface area contributed by atoms with Gasteiger partial charge in [0.05, 0.1) is 4.91 Å². The van der Waals surface area contributed by atoms with Crippen LogP contribution in [0.4, 0.5) is 5.69 Å². The molecule has 0 fully saturated rings. The second-order valence-electron chi connectivity index (χ2n) is 6.26. The Balaban J connectivity index is 1.62. The van der Waals surface area contributed by atoms with Crippen LogP contribution in [0.25, 0.3) is 17.0 Å². The van der Waals surface area contributed by atoms with Crippen molar-refractivity contribution >= 4 is 28.6 Å². The van der Waals surface area contributed by atoms with Gasteiger partial charge in [-0.3, -0.25) is 10.0 Å². The molecule has 1 heterocycles. The first-order valence-corrected chi connectivity index (χ1v) is 8.75. The maximum absolute atomic E-state index is 11.5. The number of aromatic amines is 1. The molecule has 0 radical (unpaired) electrons. The Bertz CT molecular complexity index is 1030. The normalized spacial score (nSPS) is 11.2. The van der Waals surface area contributed by atoms with Crippen LogP contribution in [0, 0.1) is 4.91 Å². The van der Waals surface area contributed by atoms with Crippen molar-refractivity contribution < 1.29 is 20.1 Å². The predicted molar refractivity (Wildman–Crippen MR) is 104 cm³/mol. The molecule has 0 unspecified atom stereocenters. The summed E-state index contributed by atoms with van der Waals surface area (Å²) in [4.78, 5) is 25.6. The third-order valence-electron chi connectivity index (χ3n) is 4.41. The van der Waals surface area contributed by atoms with Crippen LogP contribution in [0.5, 0.6) is 0 Å². The third kappa shape index (κ3) is 4.61. The van der Waals surface area contributed by atoms with Gasteiger partial charge in [-0.25, -0.2) is 10.7 Å². The molecule has 0 spiro atoms. The number of nitrogens with one attached hydrogen (secondary N) is 3. The number of carbonyl (C=O) groups is 1. The average Bonchev–Trinajstić information content (AvgIpc) is 3.12. The van der Waals surface area contributed by atoms with Gasteiger partial charge in [-0.2, -0.15) is 0 Å². The number of benzene rings is 2. The van der Waals surface area contributed by atoms with E-state index in [0.717, 1.165) is 18.0 Å². The van der Waals surface area contributed by atoms with Crippen molar-refractivity contribution in [3.8, 4) is 0 Å². The van der Waals surface area contributed by atoms with Gasteiger partial charge in [0.2, 0.25) is 0 Å². The minimum Gasteiger partial charge on any atom is -0.361 e. The Labute approximate surface area is 161 Å². The molecule has 0 atom stereocenters. The summed E-state index contributed by atoms with van der Waals surface area (Å²) in [5.41, 5.74) is 5.04. The molecule has 5 N–H and O–H groups in total. The smallest absolute Gasteiger partial charge is 0.321 e. The Hall–Kier alpha value is -3.49. The zero-order valence-electron chi connectivity index (χ0n) is 15.1. The van der Waals surface area contributed by atoms with Gasteiger partial charge < -0.3 is 10.3 Å². The monoisotopic (exact) mass is 381 g/mol. The van der Waals surface area contributed by atoms with Crippen molar-refractivity contribution in [3.05, 3.63) is 76.3 Å². The molecule has 1 aromatic heterocycles. The van der Waals surface area contributed by atoms with Crippen molar-refractivity contribution in [1.82, 2.24) is 15.8 Å². The van der Waals surface area contributed by atoms with E-state index in [4.69, 9.17) is 5.21 Å². The van der Waals surface area contributed by atoms with E-state index in [1.165, 1.54) is 28.6 Å². The van der Waals surface area contributed by atoms with Crippen molar-refractivity contribution in [2.45, 2.75) is 13.0 Å². The molecule has 28 heavy (non-hydrogen) atoms. The lowest BCUT2D eigenvalue weighted by Gasteiger charge is -2.05. The van der Waals surface area contributed by atoms with Crippen molar-refractivity contribution in [2.24, 2.45) is 0 Å². The molecular formula is C20H21N4O4+. The topological polar surface area (TPSA) is 117 Å². The number of nitrogens with zero attached hydrogens (tertiary/aromatic N) is 1. The Morgan fingerprint density at radius 2 is 2.00 bits per heavy atom. The molecule has 0 aliphatic heterocycles. The lowest BCUT2D eigenvalue weighted by Crippen LogP contribution is -2.17. The van der Waals surface area contributed by atoms with Gasteiger partial charge >= 0.3 is 5.69 Å². The number of rotatable bonds is 8. The molecular weight excluding hydrogens is 360 g/mol. The first kappa shape index (κ1) is 19.3. The van der Waals surface area contributed by atoms with Gasteiger partial charge in [0.25, 0.3) is 10.8 Å². The van der Waals surface area contributed by atoms with E-state index in [1.54, 1.807) is 12.1 Å². The minimum absolute atomic E-state index is 0.0890. The van der Waals surface area contributed by atoms with Gasteiger partial charge in [-0.15, -0.1) is 0 Å². The number of fused-ring (bicyclic) bond motifs is 1. The summed E-state index contributed by atoms with van der Waals surface area (Å²) in [5, 5.41) is 22.3. The number of hydroxylamine groups is 1. The van der Waals surface area contributed by atoms with Crippen LogP contribution in [-0.2, 0) is 17.8 Å². The molecule has 0 aliphatic carbocycles. The Morgan fingerprint density at radius 3 is 2.79 bits per heavy atom. The number of para-hydroxylation sites is 1. The molecule has 0 saturated carbocycles. The van der Waals surface area contributed by atoms with Crippen molar-refractivity contribution in [1.29, 1.82) is 0 Å². The molecule has 0 aliphatic rings. The summed E-state index contributed by atoms with van der Waals surface area (Å²) in [5.74, 6) is -0.687. The zero-order valence-corrected chi connectivity index (χ0v) is 15.1. The lowest BCUT2D eigenvalue weighted by atomic mass is 10.1. The van der Waals surface area contributed by atoms with Crippen molar-refractivity contribution in [2.75, 3.05) is 6.54 Å². The SMILES string of the molecule is O=C(/C=C/c1ccc(CNCCc2c[nH]c3ccccc23)c([N+](=O)O)c1)NO. The molecule has 144 valence electrons. The first-order chi connectivity index (χ1) is 13.6. The average molecular weight is 381 g/mol. The van der Waals surface area contributed by atoms with Crippen LogP contribution in [0.15, 0.2) is 54.7 Å². The van der Waals surface area contributed by atoms with Crippen molar-refractivity contribution in [3.63, 3.8) is 0 Å². The van der Waals surface area contributed by atoms with Gasteiger partial charge in [0.1, 0.15) is 0 Å². The highest BCUT2D eigenvalue weighted by molar-refractivity contribution is 5.90. The second-order valence-corrected chi connectivity index (χ2v) is 6.26. The maximum atomic E-state index is 11.5. The molecule has 0 bridgehead atoms. The minimum atomic E-state index is -0.687. The first-order valence-electron chi connectivity index (χ1n) is 8.75. The van der Waals surface area contributed by atoms with Crippen LogP contribution >= 0.6 is 0 Å². The number of aromatic nitrogens is 1.